The van der Waals surface area contributed by atoms with Crippen molar-refractivity contribution in [2.24, 2.45) is 0 Å². The molecule has 0 radical (unpaired) electrons. The molecule has 0 saturated heterocycles. The van der Waals surface area contributed by atoms with Gasteiger partial charge < -0.3 is 15.1 Å². The number of hydrogen-bond donors (Lipinski definition) is 2. The number of amides is 2. The number of halogens is 1. The largest absolute Gasteiger partial charge is 0.451 e. The molecule has 7 nitrogen and oxygen atoms in total. The van der Waals surface area contributed by atoms with E-state index in [1.807, 2.05) is 43.3 Å². The van der Waals surface area contributed by atoms with E-state index in [1.165, 1.54) is 6.07 Å². The van der Waals surface area contributed by atoms with Gasteiger partial charge in [0.15, 0.2) is 15.6 Å². The average Bonchev–Trinajstić information content (AvgIpc) is 3.18. The summed E-state index contributed by atoms with van der Waals surface area (Å²) in [5, 5.41) is 6.76. The van der Waals surface area contributed by atoms with Crippen molar-refractivity contribution < 1.29 is 26.8 Å². The van der Waals surface area contributed by atoms with Crippen molar-refractivity contribution in [3.63, 3.8) is 0 Å². The van der Waals surface area contributed by atoms with Crippen LogP contribution < -0.4 is 10.6 Å². The molecule has 0 atom stereocenters. The normalized spacial score (nSPS) is 14.7. The Kier molecular flexibility index (Phi) is 6.11. The summed E-state index contributed by atoms with van der Waals surface area (Å²) in [4.78, 5) is 25.3. The molecule has 37 heavy (non-hydrogen) atoms. The molecule has 3 aromatic carbocycles. The molecule has 1 aliphatic carbocycles. The van der Waals surface area contributed by atoms with Crippen LogP contribution in [0.4, 0.5) is 10.1 Å². The highest BCUT2D eigenvalue weighted by atomic mass is 32.2. The molecule has 1 fully saturated rings. The fourth-order valence-electron chi connectivity index (χ4n) is 4.70. The topological polar surface area (TPSA) is 105 Å². The lowest BCUT2D eigenvalue weighted by Gasteiger charge is -2.43. The number of aryl methyl sites for hydroxylation is 1. The van der Waals surface area contributed by atoms with Gasteiger partial charge in [0.1, 0.15) is 16.3 Å². The standard InChI is InChI=1S/C28H25FN2O5S/c1-17-21-6-3-4-7-23(21)36-25(17)27(33)31-28(14-5-15-28)19-9-11-20(12-10-19)30-26(32)18-8-13-24(22(29)16-18)37(2,34)35/h3-4,6-13,16H,5,14-15H2,1-2H3,(H,30,32)(H,31,33). The summed E-state index contributed by atoms with van der Waals surface area (Å²) in [7, 11) is -3.73. The number of hydrogen-bond acceptors (Lipinski definition) is 5. The molecular weight excluding hydrogens is 495 g/mol. The second-order valence-corrected chi connectivity index (χ2v) is 11.4. The van der Waals surface area contributed by atoms with Crippen LogP contribution in [0.1, 0.15) is 51.3 Å². The smallest absolute Gasteiger partial charge is 0.288 e. The van der Waals surface area contributed by atoms with Gasteiger partial charge in [-0.15, -0.1) is 0 Å². The number of carbonyl (C=O) groups is 2. The number of benzene rings is 3. The first-order valence-electron chi connectivity index (χ1n) is 11.8. The minimum absolute atomic E-state index is 0.00194. The number of sulfone groups is 1. The fraction of sp³-hybridized carbons (Fsp3) is 0.214. The maximum absolute atomic E-state index is 14.2. The van der Waals surface area contributed by atoms with Gasteiger partial charge in [0.25, 0.3) is 11.8 Å². The number of carbonyl (C=O) groups excluding carboxylic acids is 2. The van der Waals surface area contributed by atoms with E-state index in [1.54, 1.807) is 12.1 Å². The van der Waals surface area contributed by atoms with Crippen LogP contribution in [0.2, 0.25) is 0 Å². The Morgan fingerprint density at radius 1 is 0.973 bits per heavy atom. The third-order valence-electron chi connectivity index (χ3n) is 6.90. The van der Waals surface area contributed by atoms with Crippen molar-refractivity contribution in [3.05, 3.63) is 95.0 Å². The van der Waals surface area contributed by atoms with Gasteiger partial charge in [0, 0.05) is 28.5 Å². The van der Waals surface area contributed by atoms with Crippen LogP contribution >= 0.6 is 0 Å². The Balaban J connectivity index is 1.31. The van der Waals surface area contributed by atoms with Crippen molar-refractivity contribution >= 4 is 38.3 Å². The summed E-state index contributed by atoms with van der Waals surface area (Å²) < 4.78 is 43.2. The monoisotopic (exact) mass is 520 g/mol. The fourth-order valence-corrected chi connectivity index (χ4v) is 5.43. The Hall–Kier alpha value is -3.98. The van der Waals surface area contributed by atoms with Crippen LogP contribution in [-0.4, -0.2) is 26.5 Å². The van der Waals surface area contributed by atoms with Crippen molar-refractivity contribution in [2.45, 2.75) is 36.6 Å². The van der Waals surface area contributed by atoms with E-state index < -0.39 is 32.0 Å². The average molecular weight is 521 g/mol. The summed E-state index contributed by atoms with van der Waals surface area (Å²) in [6.45, 7) is 1.87. The molecule has 9 heteroatoms. The first kappa shape index (κ1) is 24.7. The molecule has 1 aliphatic rings. The molecule has 0 unspecified atom stereocenters. The molecule has 190 valence electrons. The summed E-state index contributed by atoms with van der Waals surface area (Å²) in [5.41, 5.74) is 2.31. The van der Waals surface area contributed by atoms with Crippen molar-refractivity contribution in [1.29, 1.82) is 0 Å². The number of anilines is 1. The highest BCUT2D eigenvalue weighted by molar-refractivity contribution is 7.90. The van der Waals surface area contributed by atoms with Gasteiger partial charge in [-0.05, 0) is 68.1 Å². The molecule has 2 amide bonds. The Morgan fingerprint density at radius 3 is 2.27 bits per heavy atom. The van der Waals surface area contributed by atoms with Crippen LogP contribution in [0.25, 0.3) is 11.0 Å². The van der Waals surface area contributed by atoms with Crippen LogP contribution in [0.15, 0.2) is 76.0 Å². The quantitative estimate of drug-likeness (QED) is 0.357. The minimum Gasteiger partial charge on any atom is -0.451 e. The van der Waals surface area contributed by atoms with Crippen LogP contribution in [0.3, 0.4) is 0 Å². The van der Waals surface area contributed by atoms with Gasteiger partial charge in [-0.1, -0.05) is 30.3 Å². The number of fused-ring (bicyclic) bond motifs is 1. The van der Waals surface area contributed by atoms with Gasteiger partial charge in [0.2, 0.25) is 0 Å². The highest BCUT2D eigenvalue weighted by Gasteiger charge is 2.41. The van der Waals surface area contributed by atoms with E-state index in [2.05, 4.69) is 10.6 Å². The van der Waals surface area contributed by atoms with Gasteiger partial charge >= 0.3 is 0 Å². The molecular formula is C28H25FN2O5S. The van der Waals surface area contributed by atoms with E-state index in [4.69, 9.17) is 4.42 Å². The molecule has 0 aliphatic heterocycles. The van der Waals surface area contributed by atoms with Gasteiger partial charge in [-0.3, -0.25) is 9.59 Å². The maximum Gasteiger partial charge on any atom is 0.288 e. The van der Waals surface area contributed by atoms with Gasteiger partial charge in [-0.25, -0.2) is 12.8 Å². The summed E-state index contributed by atoms with van der Waals surface area (Å²) in [6, 6.07) is 17.9. The van der Waals surface area contributed by atoms with E-state index in [0.29, 0.717) is 17.0 Å². The predicted octanol–water partition coefficient (Wildman–Crippen LogP) is 5.35. The predicted molar refractivity (Wildman–Crippen MR) is 138 cm³/mol. The third-order valence-corrected chi connectivity index (χ3v) is 8.03. The molecule has 5 rings (SSSR count). The molecule has 0 spiro atoms. The Bertz CT molecular complexity index is 1640. The third kappa shape index (κ3) is 4.62. The van der Waals surface area contributed by atoms with E-state index in [9.17, 15) is 22.4 Å². The number of nitrogens with one attached hydrogen (secondary N) is 2. The second-order valence-electron chi connectivity index (χ2n) is 9.39. The van der Waals surface area contributed by atoms with Crippen LogP contribution in [-0.2, 0) is 15.4 Å². The molecule has 2 N–H and O–H groups in total. The summed E-state index contributed by atoms with van der Waals surface area (Å²) in [5.74, 6) is -1.53. The zero-order valence-corrected chi connectivity index (χ0v) is 21.1. The lowest BCUT2D eigenvalue weighted by Crippen LogP contribution is -2.50. The molecule has 1 aromatic heterocycles. The van der Waals surface area contributed by atoms with Gasteiger partial charge in [0.05, 0.1) is 5.54 Å². The molecule has 1 heterocycles. The zero-order valence-electron chi connectivity index (χ0n) is 20.3. The summed E-state index contributed by atoms with van der Waals surface area (Å²) >= 11 is 0. The Morgan fingerprint density at radius 2 is 1.68 bits per heavy atom. The molecule has 4 aromatic rings. The van der Waals surface area contributed by atoms with E-state index >= 15 is 0 Å². The van der Waals surface area contributed by atoms with Gasteiger partial charge in [-0.2, -0.15) is 0 Å². The van der Waals surface area contributed by atoms with Crippen LogP contribution in [0, 0.1) is 12.7 Å². The van der Waals surface area contributed by atoms with Crippen molar-refractivity contribution in [2.75, 3.05) is 11.6 Å². The van der Waals surface area contributed by atoms with Crippen molar-refractivity contribution in [3.8, 4) is 0 Å². The van der Waals surface area contributed by atoms with E-state index in [-0.39, 0.29) is 11.5 Å². The summed E-state index contributed by atoms with van der Waals surface area (Å²) in [6.07, 6.45) is 3.42. The minimum atomic E-state index is -3.73. The lowest BCUT2D eigenvalue weighted by atomic mass is 9.71. The Labute approximate surface area is 213 Å². The first-order chi connectivity index (χ1) is 17.6. The number of rotatable bonds is 6. The van der Waals surface area contributed by atoms with Crippen molar-refractivity contribution in [1.82, 2.24) is 5.32 Å². The van der Waals surface area contributed by atoms with E-state index in [0.717, 1.165) is 54.2 Å². The number of para-hydroxylation sites is 1. The zero-order chi connectivity index (χ0) is 26.4. The highest BCUT2D eigenvalue weighted by Crippen LogP contribution is 2.42. The van der Waals surface area contributed by atoms with Crippen LogP contribution in [0.5, 0.6) is 0 Å². The first-order valence-corrected chi connectivity index (χ1v) is 13.7. The molecule has 0 bridgehead atoms. The maximum atomic E-state index is 14.2. The SMILES string of the molecule is Cc1c(C(=O)NC2(c3ccc(NC(=O)c4ccc(S(C)(=O)=O)c(F)c4)cc3)CCC2)oc2ccccc12. The lowest BCUT2D eigenvalue weighted by molar-refractivity contribution is 0.0795. The molecule has 1 saturated carbocycles. The number of furan rings is 1. The second kappa shape index (κ2) is 9.15.